The Balaban J connectivity index is 1.62. The molecule has 3 aromatic carbocycles. The van der Waals surface area contributed by atoms with E-state index in [-0.39, 0.29) is 22.3 Å². The van der Waals surface area contributed by atoms with Gasteiger partial charge >= 0.3 is 0 Å². The summed E-state index contributed by atoms with van der Waals surface area (Å²) in [5.41, 5.74) is 1.25. The van der Waals surface area contributed by atoms with E-state index < -0.39 is 34.8 Å². The molecule has 1 aliphatic rings. The number of nitrogens with zero attached hydrogens (tertiary/aromatic N) is 1. The molecule has 0 unspecified atom stereocenters. The highest BCUT2D eigenvalue weighted by Crippen LogP contribution is 2.34. The normalized spacial score (nSPS) is 12.7. The molecule has 0 spiro atoms. The second-order valence-electron chi connectivity index (χ2n) is 7.40. The molecule has 0 aliphatic carbocycles. The smallest absolute Gasteiger partial charge is 0.243 e. The van der Waals surface area contributed by atoms with Gasteiger partial charge in [-0.15, -0.1) is 0 Å². The first-order valence-corrected chi connectivity index (χ1v) is 11.7. The molecule has 33 heavy (non-hydrogen) atoms. The Labute approximate surface area is 195 Å². The minimum absolute atomic E-state index is 0.0172. The second-order valence-corrected chi connectivity index (χ2v) is 9.75. The molecule has 7 nitrogen and oxygen atoms in total. The van der Waals surface area contributed by atoms with Crippen LogP contribution in [0.4, 0.5) is 10.1 Å². The highest BCUT2D eigenvalue weighted by Gasteiger charge is 2.29. The van der Waals surface area contributed by atoms with E-state index in [0.717, 1.165) is 9.87 Å². The summed E-state index contributed by atoms with van der Waals surface area (Å²) in [5.74, 6) is -0.263. The van der Waals surface area contributed by atoms with Gasteiger partial charge in [-0.3, -0.25) is 4.79 Å². The molecule has 1 heterocycles. The summed E-state index contributed by atoms with van der Waals surface area (Å²) in [7, 11) is -4.14. The van der Waals surface area contributed by atoms with Gasteiger partial charge in [0.05, 0.1) is 11.4 Å². The molecule has 0 radical (unpaired) electrons. The summed E-state index contributed by atoms with van der Waals surface area (Å²) in [6, 6.07) is 15.1. The Morgan fingerprint density at radius 3 is 2.55 bits per heavy atom. The van der Waals surface area contributed by atoms with E-state index in [1.54, 1.807) is 30.3 Å². The molecule has 0 atom stereocenters. The summed E-state index contributed by atoms with van der Waals surface area (Å²) >= 11 is 6.12. The van der Waals surface area contributed by atoms with Crippen LogP contribution in [0.2, 0.25) is 5.02 Å². The van der Waals surface area contributed by atoms with Crippen LogP contribution in [0.3, 0.4) is 0 Å². The van der Waals surface area contributed by atoms with E-state index in [1.165, 1.54) is 30.3 Å². The summed E-state index contributed by atoms with van der Waals surface area (Å²) in [6.07, 6.45) is 0. The maximum absolute atomic E-state index is 14.4. The molecule has 172 valence electrons. The maximum atomic E-state index is 14.4. The highest BCUT2D eigenvalue weighted by atomic mass is 35.5. The number of amides is 1. The average molecular weight is 491 g/mol. The van der Waals surface area contributed by atoms with E-state index in [9.17, 15) is 17.6 Å². The van der Waals surface area contributed by atoms with Crippen molar-refractivity contribution in [3.8, 4) is 11.5 Å². The number of carbonyl (C=O) groups is 1. The van der Waals surface area contributed by atoms with E-state index in [2.05, 4.69) is 5.32 Å². The van der Waals surface area contributed by atoms with Gasteiger partial charge in [-0.2, -0.15) is 4.31 Å². The molecule has 0 bridgehead atoms. The number of aryl methyl sites for hydroxylation is 1. The number of rotatable bonds is 7. The molecule has 1 amide bonds. The lowest BCUT2D eigenvalue weighted by molar-refractivity contribution is -0.116. The Kier molecular flexibility index (Phi) is 6.55. The number of hydrogen-bond acceptors (Lipinski definition) is 5. The van der Waals surface area contributed by atoms with Gasteiger partial charge in [0.1, 0.15) is 5.82 Å². The van der Waals surface area contributed by atoms with Crippen molar-refractivity contribution in [3.05, 3.63) is 82.6 Å². The van der Waals surface area contributed by atoms with Gasteiger partial charge in [0.25, 0.3) is 0 Å². The predicted molar refractivity (Wildman–Crippen MR) is 121 cm³/mol. The molecule has 0 fully saturated rings. The fraction of sp³-hybridized carbons (Fsp3) is 0.174. The largest absolute Gasteiger partial charge is 0.454 e. The number of nitrogens with one attached hydrogen (secondary N) is 1. The monoisotopic (exact) mass is 490 g/mol. The van der Waals surface area contributed by atoms with Crippen LogP contribution in [0.15, 0.2) is 65.6 Å². The van der Waals surface area contributed by atoms with Gasteiger partial charge in [0.2, 0.25) is 22.7 Å². The number of ether oxygens (including phenoxy) is 2. The lowest BCUT2D eigenvalue weighted by Crippen LogP contribution is -2.37. The second kappa shape index (κ2) is 9.38. The van der Waals surface area contributed by atoms with Crippen molar-refractivity contribution in [1.29, 1.82) is 0 Å². The van der Waals surface area contributed by atoms with E-state index >= 15 is 0 Å². The number of halogens is 2. The topological polar surface area (TPSA) is 84.9 Å². The van der Waals surface area contributed by atoms with Crippen molar-refractivity contribution >= 4 is 33.2 Å². The fourth-order valence-corrected chi connectivity index (χ4v) is 4.87. The van der Waals surface area contributed by atoms with Crippen molar-refractivity contribution in [2.75, 3.05) is 18.7 Å². The van der Waals surface area contributed by atoms with E-state index in [4.69, 9.17) is 21.1 Å². The van der Waals surface area contributed by atoms with Crippen LogP contribution in [0, 0.1) is 12.7 Å². The molecular weight excluding hydrogens is 471 g/mol. The summed E-state index contributed by atoms with van der Waals surface area (Å²) in [4.78, 5) is 12.8. The van der Waals surface area contributed by atoms with Crippen molar-refractivity contribution in [3.63, 3.8) is 0 Å². The minimum atomic E-state index is -4.14. The van der Waals surface area contributed by atoms with Gasteiger partial charge in [-0.1, -0.05) is 35.4 Å². The first-order valence-electron chi connectivity index (χ1n) is 9.93. The molecule has 1 aliphatic heterocycles. The summed E-state index contributed by atoms with van der Waals surface area (Å²) < 4.78 is 52.6. The van der Waals surface area contributed by atoms with Gasteiger partial charge < -0.3 is 14.8 Å². The van der Waals surface area contributed by atoms with Crippen LogP contribution < -0.4 is 14.8 Å². The zero-order chi connectivity index (χ0) is 23.6. The summed E-state index contributed by atoms with van der Waals surface area (Å²) in [5, 5.41) is 2.71. The Bertz CT molecular complexity index is 1280. The van der Waals surface area contributed by atoms with Crippen molar-refractivity contribution in [2.45, 2.75) is 18.4 Å². The van der Waals surface area contributed by atoms with Gasteiger partial charge in [-0.05, 0) is 43.3 Å². The van der Waals surface area contributed by atoms with Gasteiger partial charge in [-0.25, -0.2) is 12.8 Å². The number of hydrogen-bond donors (Lipinski definition) is 1. The number of sulfonamides is 1. The minimum Gasteiger partial charge on any atom is -0.454 e. The number of fused-ring (bicyclic) bond motifs is 1. The third kappa shape index (κ3) is 5.11. The van der Waals surface area contributed by atoms with Crippen LogP contribution in [-0.4, -0.2) is 32.0 Å². The first-order chi connectivity index (χ1) is 15.7. The zero-order valence-electron chi connectivity index (χ0n) is 17.5. The molecule has 0 saturated heterocycles. The SMILES string of the molecule is Cc1ccc(S(=O)(=O)N(CC(=O)Nc2ccc3c(c2)OCO3)Cc2c(F)cccc2Cl)cc1. The Morgan fingerprint density at radius 2 is 1.82 bits per heavy atom. The average Bonchev–Trinajstić information content (AvgIpc) is 3.23. The number of anilines is 1. The third-order valence-corrected chi connectivity index (χ3v) is 7.19. The van der Waals surface area contributed by atoms with Crippen LogP contribution in [0.1, 0.15) is 11.1 Å². The summed E-state index contributed by atoms with van der Waals surface area (Å²) in [6.45, 7) is 0.927. The molecule has 0 saturated carbocycles. The quantitative estimate of drug-likeness (QED) is 0.532. The third-order valence-electron chi connectivity index (χ3n) is 5.03. The van der Waals surface area contributed by atoms with E-state index in [0.29, 0.717) is 17.2 Å². The van der Waals surface area contributed by atoms with Crippen LogP contribution in [-0.2, 0) is 21.4 Å². The lowest BCUT2D eigenvalue weighted by Gasteiger charge is -2.23. The van der Waals surface area contributed by atoms with Crippen LogP contribution in [0.25, 0.3) is 0 Å². The Hall–Kier alpha value is -3.14. The van der Waals surface area contributed by atoms with E-state index in [1.807, 2.05) is 6.92 Å². The molecule has 10 heteroatoms. The number of benzene rings is 3. The zero-order valence-corrected chi connectivity index (χ0v) is 19.1. The maximum Gasteiger partial charge on any atom is 0.243 e. The number of carbonyl (C=O) groups excluding carboxylic acids is 1. The molecule has 1 N–H and O–H groups in total. The van der Waals surface area contributed by atoms with Crippen molar-refractivity contribution in [2.24, 2.45) is 0 Å². The van der Waals surface area contributed by atoms with Gasteiger partial charge in [0, 0.05) is 28.9 Å². The highest BCUT2D eigenvalue weighted by molar-refractivity contribution is 7.89. The van der Waals surface area contributed by atoms with Crippen molar-refractivity contribution in [1.82, 2.24) is 4.31 Å². The van der Waals surface area contributed by atoms with Crippen LogP contribution in [0.5, 0.6) is 11.5 Å². The molecular formula is C23H20ClFN2O5S. The van der Waals surface area contributed by atoms with Gasteiger partial charge in [0.15, 0.2) is 11.5 Å². The molecule has 3 aromatic rings. The van der Waals surface area contributed by atoms with Crippen LogP contribution >= 0.6 is 11.6 Å². The van der Waals surface area contributed by atoms with Crippen molar-refractivity contribution < 1.29 is 27.1 Å². The molecule has 4 rings (SSSR count). The Morgan fingerprint density at radius 1 is 1.09 bits per heavy atom. The first kappa shape index (κ1) is 23.0. The predicted octanol–water partition coefficient (Wildman–Crippen LogP) is 4.35. The molecule has 0 aromatic heterocycles. The lowest BCUT2D eigenvalue weighted by atomic mass is 10.2. The fourth-order valence-electron chi connectivity index (χ4n) is 3.28. The standard InChI is InChI=1S/C23H20ClFN2O5S/c1-15-5-8-17(9-6-15)33(29,30)27(12-18-19(24)3-2-4-20(18)25)13-23(28)26-16-7-10-21-22(11-16)32-14-31-21/h2-11H,12-14H2,1H3,(H,26,28).